The SMILES string of the molecule is CCNC1COCC1C(=O)N1CCC(CC)(CC)C1. The molecule has 1 amide bonds. The summed E-state index contributed by atoms with van der Waals surface area (Å²) in [6, 6.07) is 0.204. The molecule has 0 aliphatic carbocycles. The quantitative estimate of drug-likeness (QED) is 0.824. The zero-order valence-corrected chi connectivity index (χ0v) is 12.6. The van der Waals surface area contributed by atoms with E-state index in [0.29, 0.717) is 24.5 Å². The van der Waals surface area contributed by atoms with Crippen molar-refractivity contribution in [1.82, 2.24) is 10.2 Å². The number of carbonyl (C=O) groups is 1. The Hall–Kier alpha value is -0.610. The third-order valence-electron chi connectivity index (χ3n) is 5.11. The second-order valence-electron chi connectivity index (χ2n) is 6.03. The Kier molecular flexibility index (Phi) is 4.85. The van der Waals surface area contributed by atoms with E-state index in [1.165, 1.54) is 12.8 Å². The summed E-state index contributed by atoms with van der Waals surface area (Å²) in [5, 5.41) is 3.38. The van der Waals surface area contributed by atoms with E-state index in [2.05, 4.69) is 31.0 Å². The molecule has 2 rings (SSSR count). The molecule has 2 saturated heterocycles. The van der Waals surface area contributed by atoms with E-state index in [0.717, 1.165) is 26.1 Å². The van der Waals surface area contributed by atoms with Gasteiger partial charge >= 0.3 is 0 Å². The Bertz CT molecular complexity index is 315. The third-order valence-corrected chi connectivity index (χ3v) is 5.11. The van der Waals surface area contributed by atoms with Crippen molar-refractivity contribution < 1.29 is 9.53 Å². The third kappa shape index (κ3) is 2.95. The van der Waals surface area contributed by atoms with Gasteiger partial charge in [-0.1, -0.05) is 20.8 Å². The summed E-state index contributed by atoms with van der Waals surface area (Å²) in [5.74, 6) is 0.316. The average Bonchev–Trinajstić information content (AvgIpc) is 3.05. The van der Waals surface area contributed by atoms with E-state index in [4.69, 9.17) is 4.74 Å². The predicted octanol–water partition coefficient (Wildman–Crippen LogP) is 1.65. The Balaban J connectivity index is 1.97. The van der Waals surface area contributed by atoms with Crippen molar-refractivity contribution in [2.24, 2.45) is 11.3 Å². The zero-order chi connectivity index (χ0) is 13.9. The Morgan fingerprint density at radius 3 is 2.63 bits per heavy atom. The number of carbonyl (C=O) groups excluding carboxylic acids is 1. The van der Waals surface area contributed by atoms with Crippen molar-refractivity contribution in [3.8, 4) is 0 Å². The summed E-state index contributed by atoms with van der Waals surface area (Å²) in [5.41, 5.74) is 0.364. The minimum Gasteiger partial charge on any atom is -0.379 e. The first-order chi connectivity index (χ1) is 9.15. The van der Waals surface area contributed by atoms with Gasteiger partial charge in [0.15, 0.2) is 0 Å². The highest BCUT2D eigenvalue weighted by Crippen LogP contribution is 2.37. The van der Waals surface area contributed by atoms with Gasteiger partial charge in [-0.2, -0.15) is 0 Å². The average molecular weight is 268 g/mol. The van der Waals surface area contributed by atoms with Crippen molar-refractivity contribution in [2.45, 2.75) is 46.1 Å². The number of hydrogen-bond acceptors (Lipinski definition) is 3. The fraction of sp³-hybridized carbons (Fsp3) is 0.933. The topological polar surface area (TPSA) is 41.6 Å². The molecular formula is C15H28N2O2. The van der Waals surface area contributed by atoms with E-state index in [9.17, 15) is 4.79 Å². The largest absolute Gasteiger partial charge is 0.379 e. The fourth-order valence-electron chi connectivity index (χ4n) is 3.45. The van der Waals surface area contributed by atoms with Crippen LogP contribution < -0.4 is 5.32 Å². The molecule has 2 atom stereocenters. The van der Waals surface area contributed by atoms with Crippen molar-refractivity contribution in [1.29, 1.82) is 0 Å². The lowest BCUT2D eigenvalue weighted by molar-refractivity contribution is -0.135. The molecule has 0 aromatic heterocycles. The number of ether oxygens (including phenoxy) is 1. The lowest BCUT2D eigenvalue weighted by atomic mass is 9.82. The molecule has 4 nitrogen and oxygen atoms in total. The van der Waals surface area contributed by atoms with Crippen LogP contribution in [0.3, 0.4) is 0 Å². The number of likely N-dealkylation sites (tertiary alicyclic amines) is 1. The summed E-state index contributed by atoms with van der Waals surface area (Å²) in [7, 11) is 0. The molecule has 1 N–H and O–H groups in total. The van der Waals surface area contributed by atoms with Crippen LogP contribution in [0.2, 0.25) is 0 Å². The van der Waals surface area contributed by atoms with Crippen LogP contribution in [0.1, 0.15) is 40.0 Å². The lowest BCUT2D eigenvalue weighted by Crippen LogP contribution is -2.45. The Morgan fingerprint density at radius 2 is 2.05 bits per heavy atom. The van der Waals surface area contributed by atoms with Crippen LogP contribution in [0.4, 0.5) is 0 Å². The number of nitrogens with zero attached hydrogens (tertiary/aromatic N) is 1. The second kappa shape index (κ2) is 6.23. The molecular weight excluding hydrogens is 240 g/mol. The summed E-state index contributed by atoms with van der Waals surface area (Å²) in [6.45, 7) is 10.6. The van der Waals surface area contributed by atoms with E-state index in [-0.39, 0.29) is 12.0 Å². The van der Waals surface area contributed by atoms with Crippen LogP contribution in [0.25, 0.3) is 0 Å². The van der Waals surface area contributed by atoms with Crippen LogP contribution in [-0.2, 0) is 9.53 Å². The predicted molar refractivity (Wildman–Crippen MR) is 76.0 cm³/mol. The first-order valence-corrected chi connectivity index (χ1v) is 7.75. The maximum Gasteiger partial charge on any atom is 0.229 e. The molecule has 0 bridgehead atoms. The molecule has 110 valence electrons. The zero-order valence-electron chi connectivity index (χ0n) is 12.6. The van der Waals surface area contributed by atoms with E-state index in [1.54, 1.807) is 0 Å². The molecule has 0 aromatic rings. The molecule has 0 spiro atoms. The highest BCUT2D eigenvalue weighted by Gasteiger charge is 2.42. The summed E-state index contributed by atoms with van der Waals surface area (Å²) >= 11 is 0. The molecule has 0 saturated carbocycles. The van der Waals surface area contributed by atoms with Gasteiger partial charge in [0.1, 0.15) is 0 Å². The van der Waals surface area contributed by atoms with Crippen molar-refractivity contribution in [3.05, 3.63) is 0 Å². The van der Waals surface area contributed by atoms with E-state index >= 15 is 0 Å². The first-order valence-electron chi connectivity index (χ1n) is 7.75. The van der Waals surface area contributed by atoms with Crippen LogP contribution in [-0.4, -0.2) is 49.7 Å². The number of hydrogen-bond donors (Lipinski definition) is 1. The normalized spacial score (nSPS) is 29.9. The second-order valence-corrected chi connectivity index (χ2v) is 6.03. The Morgan fingerprint density at radius 1 is 1.32 bits per heavy atom. The highest BCUT2D eigenvalue weighted by atomic mass is 16.5. The highest BCUT2D eigenvalue weighted by molar-refractivity contribution is 5.80. The minimum absolute atomic E-state index is 0.0180. The molecule has 2 unspecified atom stereocenters. The Labute approximate surface area is 116 Å². The van der Waals surface area contributed by atoms with Crippen LogP contribution in [0.15, 0.2) is 0 Å². The van der Waals surface area contributed by atoms with E-state index in [1.807, 2.05) is 0 Å². The van der Waals surface area contributed by atoms with Gasteiger partial charge in [-0.25, -0.2) is 0 Å². The lowest BCUT2D eigenvalue weighted by Gasteiger charge is -2.28. The van der Waals surface area contributed by atoms with Gasteiger partial charge in [0, 0.05) is 19.1 Å². The van der Waals surface area contributed by atoms with Gasteiger partial charge in [-0.05, 0) is 31.2 Å². The minimum atomic E-state index is 0.0180. The molecule has 0 radical (unpaired) electrons. The number of likely N-dealkylation sites (N-methyl/N-ethyl adjacent to an activating group) is 1. The monoisotopic (exact) mass is 268 g/mol. The molecule has 2 fully saturated rings. The molecule has 2 heterocycles. The van der Waals surface area contributed by atoms with Crippen molar-refractivity contribution in [3.63, 3.8) is 0 Å². The van der Waals surface area contributed by atoms with Gasteiger partial charge in [0.25, 0.3) is 0 Å². The number of nitrogens with one attached hydrogen (secondary N) is 1. The van der Waals surface area contributed by atoms with Crippen molar-refractivity contribution >= 4 is 5.91 Å². The van der Waals surface area contributed by atoms with Crippen LogP contribution in [0, 0.1) is 11.3 Å². The molecule has 2 aliphatic heterocycles. The van der Waals surface area contributed by atoms with Crippen LogP contribution >= 0.6 is 0 Å². The maximum absolute atomic E-state index is 12.7. The maximum atomic E-state index is 12.7. The van der Waals surface area contributed by atoms with Crippen molar-refractivity contribution in [2.75, 3.05) is 32.8 Å². The number of rotatable bonds is 5. The van der Waals surface area contributed by atoms with Gasteiger partial charge < -0.3 is 15.0 Å². The molecule has 19 heavy (non-hydrogen) atoms. The summed E-state index contributed by atoms with van der Waals surface area (Å²) < 4.78 is 5.50. The molecule has 2 aliphatic rings. The smallest absolute Gasteiger partial charge is 0.229 e. The first kappa shape index (κ1) is 14.8. The van der Waals surface area contributed by atoms with Gasteiger partial charge in [0.05, 0.1) is 19.1 Å². The van der Waals surface area contributed by atoms with Gasteiger partial charge in [-0.15, -0.1) is 0 Å². The van der Waals surface area contributed by atoms with Crippen LogP contribution in [0.5, 0.6) is 0 Å². The fourth-order valence-corrected chi connectivity index (χ4v) is 3.45. The molecule has 4 heteroatoms. The van der Waals surface area contributed by atoms with Gasteiger partial charge in [-0.3, -0.25) is 4.79 Å². The van der Waals surface area contributed by atoms with E-state index < -0.39 is 0 Å². The summed E-state index contributed by atoms with van der Waals surface area (Å²) in [4.78, 5) is 14.7. The number of amides is 1. The summed E-state index contributed by atoms with van der Waals surface area (Å²) in [6.07, 6.45) is 3.50. The molecule has 0 aromatic carbocycles. The van der Waals surface area contributed by atoms with Gasteiger partial charge in [0.2, 0.25) is 5.91 Å². The standard InChI is InChI=1S/C15H28N2O2/c1-4-15(5-2)7-8-17(11-15)14(18)12-9-19-10-13(12)16-6-3/h12-13,16H,4-11H2,1-3H3.